The second kappa shape index (κ2) is 12.3. The number of nitrogens with zero attached hydrogens (tertiary/aromatic N) is 1. The summed E-state index contributed by atoms with van der Waals surface area (Å²) < 4.78 is 68.2. The van der Waals surface area contributed by atoms with E-state index in [0.717, 1.165) is 27.9 Å². The summed E-state index contributed by atoms with van der Waals surface area (Å²) >= 11 is 0. The first-order valence-electron chi connectivity index (χ1n) is 13.7. The van der Waals surface area contributed by atoms with E-state index in [4.69, 9.17) is 0 Å². The number of halogens is 3. The molecule has 0 saturated carbocycles. The van der Waals surface area contributed by atoms with Crippen molar-refractivity contribution in [3.8, 4) is 5.75 Å². The van der Waals surface area contributed by atoms with Crippen LogP contribution in [0, 0.1) is 6.92 Å². The molecule has 3 aromatic carbocycles. The minimum absolute atomic E-state index is 0.00174. The van der Waals surface area contributed by atoms with Crippen LogP contribution in [0.3, 0.4) is 0 Å². The van der Waals surface area contributed by atoms with E-state index in [1.165, 1.54) is 6.07 Å². The molecule has 0 aliphatic heterocycles. The molecule has 1 unspecified atom stereocenters. The van der Waals surface area contributed by atoms with Gasteiger partial charge >= 0.3 is 15.6 Å². The van der Waals surface area contributed by atoms with Crippen LogP contribution in [0.2, 0.25) is 0 Å². The molecule has 3 rings (SSSR count). The summed E-state index contributed by atoms with van der Waals surface area (Å²) in [5.41, 5.74) is -0.401. The highest BCUT2D eigenvalue weighted by molar-refractivity contribution is 7.88. The highest BCUT2D eigenvalue weighted by Gasteiger charge is 2.49. The Morgan fingerprint density at radius 3 is 2.02 bits per heavy atom. The number of hydrogen-bond donors (Lipinski definition) is 0. The van der Waals surface area contributed by atoms with Crippen molar-refractivity contribution in [1.29, 1.82) is 0 Å². The van der Waals surface area contributed by atoms with Gasteiger partial charge in [0.1, 0.15) is 5.75 Å². The van der Waals surface area contributed by atoms with Gasteiger partial charge < -0.3 is 9.08 Å². The van der Waals surface area contributed by atoms with E-state index in [0.29, 0.717) is 36.0 Å². The molecule has 9 heteroatoms. The first kappa shape index (κ1) is 32.2. The van der Waals surface area contributed by atoms with E-state index in [2.05, 4.69) is 10.2 Å². The minimum Gasteiger partial charge on any atom is -0.378 e. The molecule has 0 saturated heterocycles. The molecule has 0 radical (unpaired) electrons. The number of hydrogen-bond acceptors (Lipinski definition) is 5. The van der Waals surface area contributed by atoms with E-state index in [9.17, 15) is 26.4 Å². The molecular formula is C32H38F3NO4S. The summed E-state index contributed by atoms with van der Waals surface area (Å²) in [4.78, 5) is 15.4. The molecule has 0 aliphatic rings. The van der Waals surface area contributed by atoms with Gasteiger partial charge in [-0.3, -0.25) is 4.79 Å². The smallest absolute Gasteiger partial charge is 0.378 e. The van der Waals surface area contributed by atoms with Gasteiger partial charge in [-0.1, -0.05) is 57.2 Å². The Hall–Kier alpha value is -3.33. The Morgan fingerprint density at radius 2 is 1.49 bits per heavy atom. The summed E-state index contributed by atoms with van der Waals surface area (Å²) in [6, 6.07) is 16.5. The third-order valence-electron chi connectivity index (χ3n) is 7.63. The average Bonchev–Trinajstić information content (AvgIpc) is 2.91. The molecule has 1 atom stereocenters. The zero-order chi connectivity index (χ0) is 30.8. The van der Waals surface area contributed by atoms with Crippen LogP contribution in [-0.2, 0) is 28.4 Å². The zero-order valence-corrected chi connectivity index (χ0v) is 25.5. The quantitative estimate of drug-likeness (QED) is 0.0991. The maximum absolute atomic E-state index is 13.4. The van der Waals surface area contributed by atoms with Gasteiger partial charge in [0.05, 0.1) is 0 Å². The second-order valence-electron chi connectivity index (χ2n) is 10.5. The minimum atomic E-state index is -5.85. The van der Waals surface area contributed by atoms with Crippen LogP contribution in [0.25, 0.3) is 0 Å². The molecule has 0 fully saturated rings. The Labute approximate surface area is 241 Å². The summed E-state index contributed by atoms with van der Waals surface area (Å²) in [6.07, 6.45) is 1.69. The lowest BCUT2D eigenvalue weighted by Gasteiger charge is -2.37. The van der Waals surface area contributed by atoms with Gasteiger partial charge in [-0.2, -0.15) is 21.6 Å². The van der Waals surface area contributed by atoms with Crippen LogP contribution < -0.4 is 9.08 Å². The van der Waals surface area contributed by atoms with E-state index in [-0.39, 0.29) is 18.0 Å². The highest BCUT2D eigenvalue weighted by atomic mass is 32.2. The van der Waals surface area contributed by atoms with Crippen LogP contribution in [0.15, 0.2) is 54.6 Å². The van der Waals surface area contributed by atoms with Crippen LogP contribution in [0.1, 0.15) is 84.3 Å². The highest BCUT2D eigenvalue weighted by Crippen LogP contribution is 2.46. The lowest BCUT2D eigenvalue weighted by molar-refractivity contribution is -0.0500. The average molecular weight is 590 g/mol. The van der Waals surface area contributed by atoms with Gasteiger partial charge in [0.25, 0.3) is 0 Å². The topological polar surface area (TPSA) is 63.7 Å². The molecule has 5 nitrogen and oxygen atoms in total. The van der Waals surface area contributed by atoms with Crippen molar-refractivity contribution in [1.82, 2.24) is 0 Å². The predicted octanol–water partition coefficient (Wildman–Crippen LogP) is 7.75. The SMILES string of the molecule is CCCC(=O)c1ccccc1C(C)(c1ccc(N(C)C)cc1C)c1ccc(OS(=O)(=O)C(F)(F)F)c(CC)c1CC. The van der Waals surface area contributed by atoms with E-state index >= 15 is 0 Å². The molecule has 0 N–H and O–H groups in total. The zero-order valence-electron chi connectivity index (χ0n) is 24.6. The number of Topliss-reactive ketones (excluding diaryl/α,β-unsaturated/α-hetero) is 1. The fourth-order valence-electron chi connectivity index (χ4n) is 5.62. The van der Waals surface area contributed by atoms with Crippen LogP contribution in [0.5, 0.6) is 5.75 Å². The van der Waals surface area contributed by atoms with Gasteiger partial charge in [-0.25, -0.2) is 0 Å². The van der Waals surface area contributed by atoms with Crippen molar-refractivity contribution in [3.63, 3.8) is 0 Å². The number of rotatable bonds is 11. The molecule has 0 amide bonds. The molecular weight excluding hydrogens is 551 g/mol. The number of benzene rings is 3. The third kappa shape index (κ3) is 6.15. The number of carbonyl (C=O) groups excluding carboxylic acids is 1. The summed E-state index contributed by atoms with van der Waals surface area (Å²) in [6.45, 7) is 9.58. The lowest BCUT2D eigenvalue weighted by atomic mass is 9.65. The predicted molar refractivity (Wildman–Crippen MR) is 158 cm³/mol. The van der Waals surface area contributed by atoms with Crippen LogP contribution in [0.4, 0.5) is 18.9 Å². The summed E-state index contributed by atoms with van der Waals surface area (Å²) in [5.74, 6) is -0.343. The molecule has 0 spiro atoms. The van der Waals surface area contributed by atoms with Crippen molar-refractivity contribution in [2.24, 2.45) is 0 Å². The number of anilines is 1. The van der Waals surface area contributed by atoms with Crippen molar-refractivity contribution in [2.45, 2.75) is 71.2 Å². The van der Waals surface area contributed by atoms with Gasteiger partial charge in [0.2, 0.25) is 0 Å². The van der Waals surface area contributed by atoms with Crippen molar-refractivity contribution in [3.05, 3.63) is 93.5 Å². The lowest BCUT2D eigenvalue weighted by Crippen LogP contribution is -2.31. The second-order valence-corrected chi connectivity index (χ2v) is 12.0. The Balaban J connectivity index is 2.44. The van der Waals surface area contributed by atoms with Crippen molar-refractivity contribution in [2.75, 3.05) is 19.0 Å². The van der Waals surface area contributed by atoms with Gasteiger partial charge in [-0.15, -0.1) is 0 Å². The Kier molecular flexibility index (Phi) is 9.63. The van der Waals surface area contributed by atoms with E-state index in [1.54, 1.807) is 13.0 Å². The molecule has 0 bridgehead atoms. The number of aryl methyl sites for hydroxylation is 1. The molecule has 222 valence electrons. The standard InChI is InChI=1S/C32H38F3NO4S/c1-8-13-29(37)25-14-11-12-15-27(25)31(5,26-17-16-22(36(6)7)20-21(26)4)28-18-19-30(24(10-3)23(28)9-2)40-41(38,39)32(33,34)35/h11-12,14-20H,8-10,13H2,1-7H3. The Morgan fingerprint density at radius 1 is 0.878 bits per heavy atom. The monoisotopic (exact) mass is 589 g/mol. The summed E-state index contributed by atoms with van der Waals surface area (Å²) in [5, 5.41) is 0. The first-order chi connectivity index (χ1) is 19.1. The maximum atomic E-state index is 13.4. The number of ketones is 1. The Bertz CT molecular complexity index is 1530. The van der Waals surface area contributed by atoms with E-state index in [1.807, 2.05) is 83.1 Å². The van der Waals surface area contributed by atoms with Crippen molar-refractivity contribution >= 4 is 21.6 Å². The largest absolute Gasteiger partial charge is 0.534 e. The van der Waals surface area contributed by atoms with E-state index < -0.39 is 21.0 Å². The normalized spacial score (nSPS) is 13.5. The third-order valence-corrected chi connectivity index (χ3v) is 8.59. The number of alkyl halides is 3. The maximum Gasteiger partial charge on any atom is 0.534 e. The van der Waals surface area contributed by atoms with Gasteiger partial charge in [0.15, 0.2) is 5.78 Å². The fraction of sp³-hybridized carbons (Fsp3) is 0.406. The molecule has 0 heterocycles. The van der Waals surface area contributed by atoms with Gasteiger partial charge in [0, 0.05) is 37.2 Å². The molecule has 41 heavy (non-hydrogen) atoms. The van der Waals surface area contributed by atoms with Crippen LogP contribution >= 0.6 is 0 Å². The molecule has 3 aromatic rings. The molecule has 0 aliphatic carbocycles. The fourth-order valence-corrected chi connectivity index (χ4v) is 6.11. The molecule has 0 aromatic heterocycles. The summed E-state index contributed by atoms with van der Waals surface area (Å²) in [7, 11) is -1.96. The van der Waals surface area contributed by atoms with Crippen LogP contribution in [-0.4, -0.2) is 33.8 Å². The first-order valence-corrected chi connectivity index (χ1v) is 15.1. The van der Waals surface area contributed by atoms with Crippen molar-refractivity contribution < 1.29 is 30.6 Å². The number of carbonyl (C=O) groups is 1. The van der Waals surface area contributed by atoms with Gasteiger partial charge in [-0.05, 0) is 84.7 Å².